The maximum absolute atomic E-state index is 13.8. The van der Waals surface area contributed by atoms with E-state index in [1.807, 2.05) is 6.92 Å². The number of rotatable bonds is 2. The van der Waals surface area contributed by atoms with Gasteiger partial charge in [0.1, 0.15) is 11.5 Å². The average Bonchev–Trinajstić information content (AvgIpc) is 2.76. The number of fused-ring (bicyclic) bond motifs is 1. The Kier molecular flexibility index (Phi) is 2.75. The first kappa shape index (κ1) is 12.3. The molecule has 0 atom stereocenters. The van der Waals surface area contributed by atoms with Gasteiger partial charge in [0, 0.05) is 17.5 Å². The van der Waals surface area contributed by atoms with Crippen molar-refractivity contribution in [3.05, 3.63) is 59.7 Å². The van der Waals surface area contributed by atoms with Crippen LogP contribution in [0.4, 0.5) is 4.39 Å². The molecule has 0 saturated carbocycles. The number of aromatic nitrogens is 2. The Morgan fingerprint density at radius 1 is 1.30 bits per heavy atom. The Balaban J connectivity index is 2.26. The number of carbonyl (C=O) groups is 1. The van der Waals surface area contributed by atoms with Gasteiger partial charge < -0.3 is 9.51 Å². The van der Waals surface area contributed by atoms with E-state index >= 15 is 0 Å². The first-order valence-corrected chi connectivity index (χ1v) is 6.05. The molecule has 0 bridgehead atoms. The van der Waals surface area contributed by atoms with Crippen LogP contribution >= 0.6 is 0 Å². The molecule has 0 aliphatic rings. The van der Waals surface area contributed by atoms with Crippen LogP contribution in [0.25, 0.3) is 16.9 Å². The van der Waals surface area contributed by atoms with Crippen LogP contribution < -0.4 is 0 Å². The zero-order valence-corrected chi connectivity index (χ0v) is 10.7. The van der Waals surface area contributed by atoms with Crippen molar-refractivity contribution >= 4 is 11.6 Å². The molecule has 0 radical (unpaired) electrons. The molecule has 0 aliphatic heterocycles. The van der Waals surface area contributed by atoms with Crippen molar-refractivity contribution in [1.29, 1.82) is 0 Å². The van der Waals surface area contributed by atoms with E-state index in [1.165, 1.54) is 18.2 Å². The highest BCUT2D eigenvalue weighted by atomic mass is 19.1. The summed E-state index contributed by atoms with van der Waals surface area (Å²) >= 11 is 0. The van der Waals surface area contributed by atoms with Crippen molar-refractivity contribution in [2.45, 2.75) is 6.92 Å². The zero-order valence-electron chi connectivity index (χ0n) is 10.7. The smallest absolute Gasteiger partial charge is 0.335 e. The van der Waals surface area contributed by atoms with E-state index in [0.717, 1.165) is 5.69 Å². The summed E-state index contributed by atoms with van der Waals surface area (Å²) in [6, 6.07) is 9.36. The third kappa shape index (κ3) is 1.84. The molecule has 100 valence electrons. The van der Waals surface area contributed by atoms with Crippen LogP contribution in [0, 0.1) is 12.7 Å². The summed E-state index contributed by atoms with van der Waals surface area (Å²) in [5.74, 6) is -1.36. The van der Waals surface area contributed by atoms with Gasteiger partial charge in [-0.3, -0.25) is 0 Å². The van der Waals surface area contributed by atoms with Gasteiger partial charge in [0.05, 0.1) is 11.3 Å². The molecule has 0 unspecified atom stereocenters. The number of hydrogen-bond acceptors (Lipinski definition) is 2. The number of aryl methyl sites for hydroxylation is 1. The van der Waals surface area contributed by atoms with Crippen molar-refractivity contribution in [1.82, 2.24) is 9.38 Å². The quantitative estimate of drug-likeness (QED) is 0.778. The summed E-state index contributed by atoms with van der Waals surface area (Å²) in [5, 5.41) is 8.98. The molecule has 3 aromatic rings. The first-order chi connectivity index (χ1) is 9.58. The summed E-state index contributed by atoms with van der Waals surface area (Å²) in [5.41, 5.74) is 2.33. The maximum atomic E-state index is 13.8. The molecule has 0 fully saturated rings. The second kappa shape index (κ2) is 4.45. The molecule has 0 spiro atoms. The highest BCUT2D eigenvalue weighted by molar-refractivity contribution is 5.88. The Morgan fingerprint density at radius 3 is 2.75 bits per heavy atom. The maximum Gasteiger partial charge on any atom is 0.335 e. The second-order valence-electron chi connectivity index (χ2n) is 4.47. The molecule has 5 heteroatoms. The summed E-state index contributed by atoms with van der Waals surface area (Å²) in [6.07, 6.45) is 1.63. The summed E-state index contributed by atoms with van der Waals surface area (Å²) in [4.78, 5) is 15.3. The van der Waals surface area contributed by atoms with Crippen LogP contribution in [0.2, 0.25) is 0 Å². The molecule has 0 aliphatic carbocycles. The molecule has 2 heterocycles. The van der Waals surface area contributed by atoms with Crippen molar-refractivity contribution in [2.24, 2.45) is 0 Å². The van der Waals surface area contributed by atoms with Crippen LogP contribution in [-0.2, 0) is 0 Å². The summed E-state index contributed by atoms with van der Waals surface area (Å²) in [7, 11) is 0. The average molecular weight is 270 g/mol. The van der Waals surface area contributed by atoms with E-state index in [9.17, 15) is 9.18 Å². The lowest BCUT2D eigenvalue weighted by Crippen LogP contribution is -1.97. The zero-order chi connectivity index (χ0) is 14.3. The van der Waals surface area contributed by atoms with E-state index in [1.54, 1.807) is 28.8 Å². The molecule has 1 aromatic carbocycles. The third-order valence-electron chi connectivity index (χ3n) is 3.24. The number of pyridine rings is 1. The molecule has 0 amide bonds. The van der Waals surface area contributed by atoms with Gasteiger partial charge in [-0.25, -0.2) is 14.2 Å². The van der Waals surface area contributed by atoms with Gasteiger partial charge in [-0.05, 0) is 31.2 Å². The van der Waals surface area contributed by atoms with Gasteiger partial charge in [-0.2, -0.15) is 0 Å². The molecule has 0 saturated heterocycles. The number of carboxylic acids is 1. The topological polar surface area (TPSA) is 54.6 Å². The Hall–Kier alpha value is -2.69. The SMILES string of the molecule is Cc1c(-c2ccccc2F)nc2cc(C(=O)O)ccn12. The van der Waals surface area contributed by atoms with E-state index in [4.69, 9.17) is 5.11 Å². The molecule has 3 rings (SSSR count). The highest BCUT2D eigenvalue weighted by Gasteiger charge is 2.14. The molecule has 2 aromatic heterocycles. The lowest BCUT2D eigenvalue weighted by Gasteiger charge is -2.01. The number of nitrogens with zero attached hydrogens (tertiary/aromatic N) is 2. The lowest BCUT2D eigenvalue weighted by atomic mass is 10.1. The predicted molar refractivity (Wildman–Crippen MR) is 72.3 cm³/mol. The fourth-order valence-electron chi connectivity index (χ4n) is 2.21. The van der Waals surface area contributed by atoms with Crippen LogP contribution in [0.3, 0.4) is 0 Å². The van der Waals surface area contributed by atoms with Crippen LogP contribution in [0.1, 0.15) is 16.1 Å². The molecular formula is C15H11FN2O2. The monoisotopic (exact) mass is 270 g/mol. The number of halogens is 1. The standard InChI is InChI=1S/C15H11FN2O2/c1-9-14(11-4-2-3-5-12(11)16)17-13-8-10(15(19)20)6-7-18(9)13/h2-8H,1H3,(H,19,20). The van der Waals surface area contributed by atoms with E-state index in [2.05, 4.69) is 4.98 Å². The predicted octanol–water partition coefficient (Wildman–Crippen LogP) is 3.15. The summed E-state index contributed by atoms with van der Waals surface area (Å²) in [6.45, 7) is 1.82. The molecular weight excluding hydrogens is 259 g/mol. The second-order valence-corrected chi connectivity index (χ2v) is 4.47. The van der Waals surface area contributed by atoms with E-state index in [-0.39, 0.29) is 11.4 Å². The molecule has 20 heavy (non-hydrogen) atoms. The van der Waals surface area contributed by atoms with Gasteiger partial charge in [0.25, 0.3) is 0 Å². The molecule has 1 N–H and O–H groups in total. The number of hydrogen-bond donors (Lipinski definition) is 1. The minimum absolute atomic E-state index is 0.155. The van der Waals surface area contributed by atoms with E-state index in [0.29, 0.717) is 16.9 Å². The minimum atomic E-state index is -1.01. The van der Waals surface area contributed by atoms with Crippen molar-refractivity contribution < 1.29 is 14.3 Å². The largest absolute Gasteiger partial charge is 0.478 e. The Labute approximate surface area is 114 Å². The van der Waals surface area contributed by atoms with Crippen LogP contribution in [0.5, 0.6) is 0 Å². The van der Waals surface area contributed by atoms with Gasteiger partial charge >= 0.3 is 5.97 Å². The van der Waals surface area contributed by atoms with Gasteiger partial charge in [0.15, 0.2) is 0 Å². The Bertz CT molecular complexity index is 824. The van der Waals surface area contributed by atoms with Crippen molar-refractivity contribution in [3.8, 4) is 11.3 Å². The number of carboxylic acid groups (broad SMARTS) is 1. The number of benzene rings is 1. The van der Waals surface area contributed by atoms with Crippen LogP contribution in [0.15, 0.2) is 42.6 Å². The number of imidazole rings is 1. The van der Waals surface area contributed by atoms with E-state index < -0.39 is 5.97 Å². The first-order valence-electron chi connectivity index (χ1n) is 6.05. The fourth-order valence-corrected chi connectivity index (χ4v) is 2.21. The minimum Gasteiger partial charge on any atom is -0.478 e. The van der Waals surface area contributed by atoms with Crippen molar-refractivity contribution in [3.63, 3.8) is 0 Å². The van der Waals surface area contributed by atoms with Gasteiger partial charge in [-0.15, -0.1) is 0 Å². The number of aromatic carboxylic acids is 1. The van der Waals surface area contributed by atoms with Crippen LogP contribution in [-0.4, -0.2) is 20.5 Å². The normalized spacial score (nSPS) is 10.9. The lowest BCUT2D eigenvalue weighted by molar-refractivity contribution is 0.0697. The third-order valence-corrected chi connectivity index (χ3v) is 3.24. The molecule has 4 nitrogen and oxygen atoms in total. The van der Waals surface area contributed by atoms with Crippen molar-refractivity contribution in [2.75, 3.05) is 0 Å². The Morgan fingerprint density at radius 2 is 2.05 bits per heavy atom. The highest BCUT2D eigenvalue weighted by Crippen LogP contribution is 2.26. The fraction of sp³-hybridized carbons (Fsp3) is 0.0667. The summed E-state index contributed by atoms with van der Waals surface area (Å²) < 4.78 is 15.6. The van der Waals surface area contributed by atoms with Gasteiger partial charge in [-0.1, -0.05) is 12.1 Å². The van der Waals surface area contributed by atoms with Gasteiger partial charge in [0.2, 0.25) is 0 Å².